The number of ether oxygens (including phenoxy) is 1. The second kappa shape index (κ2) is 7.91. The molecule has 0 radical (unpaired) electrons. The van der Waals surface area contributed by atoms with Gasteiger partial charge in [0.1, 0.15) is 0 Å². The molecule has 0 aromatic carbocycles. The average molecular weight is 284 g/mol. The fraction of sp³-hybridized carbons (Fsp3) is 0.889. The second-order valence-electron chi connectivity index (χ2n) is 3.55. The first-order valence-electron chi connectivity index (χ1n) is 5.14. The van der Waals surface area contributed by atoms with Crippen LogP contribution in [0.5, 0.6) is 0 Å². The number of hydrogen-bond acceptors (Lipinski definition) is 5. The molecule has 0 rings (SSSR count). The van der Waals surface area contributed by atoms with Crippen molar-refractivity contribution in [2.75, 3.05) is 33.5 Å². The van der Waals surface area contributed by atoms with Crippen LogP contribution in [0.15, 0.2) is 0 Å². The number of nitrogens with one attached hydrogen (secondary N) is 1. The minimum absolute atomic E-state index is 0.0476. The number of carbonyl (C=O) groups excluding carboxylic acids is 1. The van der Waals surface area contributed by atoms with Gasteiger partial charge in [0, 0.05) is 25.4 Å². The van der Waals surface area contributed by atoms with Crippen LogP contribution in [0.25, 0.3) is 0 Å². The quantitative estimate of drug-likeness (QED) is 0.638. The molecule has 0 aliphatic carbocycles. The largest absolute Gasteiger partial charge is 0.469 e. The van der Waals surface area contributed by atoms with Crippen molar-refractivity contribution in [1.82, 2.24) is 9.03 Å². The Balaban J connectivity index is 4.16. The van der Waals surface area contributed by atoms with Crippen LogP contribution in [-0.4, -0.2) is 57.4 Å². The van der Waals surface area contributed by atoms with E-state index in [0.717, 1.165) is 4.31 Å². The van der Waals surface area contributed by atoms with E-state index in [9.17, 15) is 13.2 Å². The van der Waals surface area contributed by atoms with Gasteiger partial charge in [0.05, 0.1) is 13.5 Å². The number of nitrogens with zero attached hydrogens (tertiary/aromatic N) is 1. The summed E-state index contributed by atoms with van der Waals surface area (Å²) in [4.78, 5) is 10.9. The van der Waals surface area contributed by atoms with Crippen LogP contribution in [-0.2, 0) is 19.7 Å². The third-order valence-corrected chi connectivity index (χ3v) is 4.73. The van der Waals surface area contributed by atoms with E-state index in [2.05, 4.69) is 9.46 Å². The number of hydrogen-bond donors (Lipinski definition) is 1. The van der Waals surface area contributed by atoms with Gasteiger partial charge >= 0.3 is 5.97 Å². The average Bonchev–Trinajstić information content (AvgIpc) is 2.32. The Morgan fingerprint density at radius 2 is 2.12 bits per heavy atom. The van der Waals surface area contributed by atoms with Crippen LogP contribution in [0.3, 0.4) is 0 Å². The molecule has 0 spiro atoms. The number of rotatable bonds is 8. The highest BCUT2D eigenvalue weighted by Crippen LogP contribution is 2.04. The fourth-order valence-corrected chi connectivity index (χ4v) is 2.26. The molecule has 0 aromatic heterocycles. The fourth-order valence-electron chi connectivity index (χ4n) is 0.887. The van der Waals surface area contributed by atoms with Crippen molar-refractivity contribution in [3.8, 4) is 0 Å². The summed E-state index contributed by atoms with van der Waals surface area (Å²) < 4.78 is 31.4. The molecule has 8 heteroatoms. The van der Waals surface area contributed by atoms with E-state index in [0.29, 0.717) is 6.54 Å². The van der Waals surface area contributed by atoms with Crippen LogP contribution < -0.4 is 4.72 Å². The summed E-state index contributed by atoms with van der Waals surface area (Å²) in [5.74, 6) is -0.426. The first-order valence-corrected chi connectivity index (χ1v) is 7.86. The van der Waals surface area contributed by atoms with Crippen molar-refractivity contribution in [2.24, 2.45) is 0 Å². The van der Waals surface area contributed by atoms with Gasteiger partial charge in [-0.05, 0) is 6.26 Å². The lowest BCUT2D eigenvalue weighted by Crippen LogP contribution is -2.41. The van der Waals surface area contributed by atoms with E-state index in [1.54, 1.807) is 11.8 Å². The maximum atomic E-state index is 11.7. The molecule has 1 N–H and O–H groups in total. The van der Waals surface area contributed by atoms with E-state index in [-0.39, 0.29) is 18.2 Å². The van der Waals surface area contributed by atoms with Crippen molar-refractivity contribution >= 4 is 27.9 Å². The van der Waals surface area contributed by atoms with Gasteiger partial charge in [-0.25, -0.2) is 4.72 Å². The summed E-state index contributed by atoms with van der Waals surface area (Å²) in [6, 6.07) is 0. The van der Waals surface area contributed by atoms with Gasteiger partial charge in [-0.3, -0.25) is 4.79 Å². The van der Waals surface area contributed by atoms with Gasteiger partial charge in [0.15, 0.2) is 0 Å². The molecule has 0 aliphatic heterocycles. The van der Waals surface area contributed by atoms with Gasteiger partial charge in [-0.1, -0.05) is 6.92 Å². The first kappa shape index (κ1) is 16.7. The summed E-state index contributed by atoms with van der Waals surface area (Å²) in [5.41, 5.74) is 0. The zero-order chi connectivity index (χ0) is 13.5. The highest BCUT2D eigenvalue weighted by atomic mass is 32.2. The van der Waals surface area contributed by atoms with E-state index in [4.69, 9.17) is 0 Å². The van der Waals surface area contributed by atoms with Gasteiger partial charge in [0.2, 0.25) is 0 Å². The lowest BCUT2D eigenvalue weighted by Gasteiger charge is -2.18. The Bertz CT molecular complexity index is 332. The van der Waals surface area contributed by atoms with E-state index in [1.165, 1.54) is 14.2 Å². The van der Waals surface area contributed by atoms with Crippen molar-refractivity contribution in [1.29, 1.82) is 0 Å². The number of thioether (sulfide) groups is 1. The Hall–Kier alpha value is -0.310. The monoisotopic (exact) mass is 284 g/mol. The summed E-state index contributed by atoms with van der Waals surface area (Å²) >= 11 is 1.58. The highest BCUT2D eigenvalue weighted by molar-refractivity contribution is 7.99. The molecule has 17 heavy (non-hydrogen) atoms. The van der Waals surface area contributed by atoms with Crippen molar-refractivity contribution in [3.05, 3.63) is 0 Å². The predicted octanol–water partition coefficient (Wildman–Crippen LogP) is 0.0672. The molecule has 0 saturated carbocycles. The highest BCUT2D eigenvalue weighted by Gasteiger charge is 2.18. The molecule has 102 valence electrons. The van der Waals surface area contributed by atoms with Gasteiger partial charge < -0.3 is 4.74 Å². The molecule has 0 saturated heterocycles. The molecular formula is C9H20N2O4S2. The lowest BCUT2D eigenvalue weighted by molar-refractivity contribution is -0.140. The van der Waals surface area contributed by atoms with Crippen molar-refractivity contribution in [3.63, 3.8) is 0 Å². The van der Waals surface area contributed by atoms with Gasteiger partial charge in [-0.2, -0.15) is 24.5 Å². The summed E-state index contributed by atoms with van der Waals surface area (Å²) in [6.45, 7) is 2.41. The smallest absolute Gasteiger partial charge is 0.306 e. The van der Waals surface area contributed by atoms with Crippen LogP contribution in [0.2, 0.25) is 0 Å². The molecule has 1 unspecified atom stereocenters. The topological polar surface area (TPSA) is 75.7 Å². The van der Waals surface area contributed by atoms with Gasteiger partial charge in [0.25, 0.3) is 10.2 Å². The first-order chi connectivity index (χ1) is 7.83. The Morgan fingerprint density at radius 1 is 1.53 bits per heavy atom. The predicted molar refractivity (Wildman–Crippen MR) is 69.2 cm³/mol. The van der Waals surface area contributed by atoms with E-state index < -0.39 is 16.2 Å². The minimum atomic E-state index is -3.51. The Morgan fingerprint density at radius 3 is 2.59 bits per heavy atom. The molecule has 1 atom stereocenters. The maximum absolute atomic E-state index is 11.7. The van der Waals surface area contributed by atoms with Crippen LogP contribution >= 0.6 is 11.8 Å². The minimum Gasteiger partial charge on any atom is -0.469 e. The Labute approximate surface area is 107 Å². The summed E-state index contributed by atoms with van der Waals surface area (Å²) in [6.07, 6.45) is 1.96. The molecule has 0 heterocycles. The summed E-state index contributed by atoms with van der Waals surface area (Å²) in [5, 5.41) is 0.207. The molecule has 0 bridgehead atoms. The second-order valence-corrected chi connectivity index (χ2v) is 6.69. The third-order valence-electron chi connectivity index (χ3n) is 2.22. The van der Waals surface area contributed by atoms with E-state index in [1.807, 2.05) is 13.2 Å². The Kier molecular flexibility index (Phi) is 7.77. The maximum Gasteiger partial charge on any atom is 0.306 e. The molecular weight excluding hydrogens is 264 g/mol. The van der Waals surface area contributed by atoms with Crippen LogP contribution in [0, 0.1) is 0 Å². The number of methoxy groups -OCH3 is 1. The molecule has 0 fully saturated rings. The number of carbonyl (C=O) groups is 1. The van der Waals surface area contributed by atoms with E-state index >= 15 is 0 Å². The lowest BCUT2D eigenvalue weighted by atomic mass is 10.4. The zero-order valence-corrected chi connectivity index (χ0v) is 12.2. The van der Waals surface area contributed by atoms with Crippen LogP contribution in [0.4, 0.5) is 0 Å². The SMILES string of the molecule is COC(=O)CCN(C)S(=O)(=O)NCC(C)SC. The molecule has 6 nitrogen and oxygen atoms in total. The molecule has 0 aromatic rings. The van der Waals surface area contributed by atoms with Crippen molar-refractivity contribution in [2.45, 2.75) is 18.6 Å². The third kappa shape index (κ3) is 6.87. The standard InChI is InChI=1S/C9H20N2O4S2/c1-8(16-4)7-10-17(13,14)11(2)6-5-9(12)15-3/h8,10H,5-7H2,1-4H3. The molecule has 0 amide bonds. The van der Waals surface area contributed by atoms with Crippen molar-refractivity contribution < 1.29 is 17.9 Å². The summed E-state index contributed by atoms with van der Waals surface area (Å²) in [7, 11) is -0.808. The zero-order valence-electron chi connectivity index (χ0n) is 10.6. The normalized spacial score (nSPS) is 13.7. The van der Waals surface area contributed by atoms with Crippen LogP contribution in [0.1, 0.15) is 13.3 Å². The molecule has 0 aliphatic rings. The van der Waals surface area contributed by atoms with Gasteiger partial charge in [-0.15, -0.1) is 0 Å². The number of esters is 1.